The van der Waals surface area contributed by atoms with E-state index in [-0.39, 0.29) is 10.8 Å². The SMILES string of the molecule is CC1(C)c2ccccc2-c2ccc(-c3ccc(N(c4ccc(-c5ccc6c(c5)C(C)(C)c5ccccc5-6)cc4)c4ccccc4-c4ccccc4)cc3)cc21.c1ccc(-c2ccc(N(c3ccc(-c4ccccc4)cc3)c3ccc(-c4ccccc4)cc3)cc2)cc1.c1ccc(-c2cccc(N(c3ccccc3-c3ccccc3)c3cc(-c4ccccc4)ccc3-c3ccccc3)c2)cc1. The van der Waals surface area contributed by atoms with Gasteiger partial charge in [-0.2, -0.15) is 0 Å². The standard InChI is InChI=1S/C54H43N.C42H31N.C36H27N/c1-53(2)48-19-11-8-17-44(48)46-32-26-39(34-50(46)53)36-22-28-41(29-23-36)55(52-21-13-10-16-43(52)38-14-6-5-7-15-38)42-30-24-37(25-31-42)40-27-33-47-45-18-9-12-20-49(45)54(3,4)51(47)35-40;1-5-16-32(17-6-1)36-24-15-25-38(30-36)43(41-27-14-13-26-39(41)34-20-9-3-10-21-34)42-31-37(33-18-7-2-8-19-33)28-29-40(42)35-22-11-4-12-23-35;1-4-10-28(11-5-1)31-16-22-34(23-17-31)37(35-24-18-32(19-25-35)29-12-6-2-7-13-29)36-26-20-33(21-27-36)30-14-8-3-9-15-30/h5-35H,1-4H3;1-31H;1-27H. The van der Waals surface area contributed by atoms with E-state index in [1.807, 2.05) is 0 Å². The van der Waals surface area contributed by atoms with Gasteiger partial charge in [-0.25, -0.2) is 0 Å². The van der Waals surface area contributed by atoms with Gasteiger partial charge in [0.25, 0.3) is 0 Å². The van der Waals surface area contributed by atoms with Gasteiger partial charge in [0.15, 0.2) is 0 Å². The van der Waals surface area contributed by atoms with Gasteiger partial charge in [-0.15, -0.1) is 0 Å². The molecule has 0 N–H and O–H groups in total. The van der Waals surface area contributed by atoms with Crippen LogP contribution in [0.2, 0.25) is 0 Å². The maximum atomic E-state index is 2.43. The summed E-state index contributed by atoms with van der Waals surface area (Å²) in [5.74, 6) is 0. The topological polar surface area (TPSA) is 9.72 Å². The van der Waals surface area contributed by atoms with Crippen molar-refractivity contribution >= 4 is 51.2 Å². The molecule has 0 spiro atoms. The van der Waals surface area contributed by atoms with E-state index in [1.54, 1.807) is 0 Å². The summed E-state index contributed by atoms with van der Waals surface area (Å²) >= 11 is 0. The van der Waals surface area contributed by atoms with Crippen LogP contribution in [0.4, 0.5) is 51.2 Å². The van der Waals surface area contributed by atoms with Crippen molar-refractivity contribution in [1.29, 1.82) is 0 Å². The molecule has 0 amide bonds. The number of rotatable bonds is 19. The Labute approximate surface area is 794 Å². The van der Waals surface area contributed by atoms with Crippen LogP contribution in [0.3, 0.4) is 0 Å². The summed E-state index contributed by atoms with van der Waals surface area (Å²) < 4.78 is 0. The molecule has 0 unspecified atom stereocenters. The van der Waals surface area contributed by atoms with Crippen LogP contribution in [-0.4, -0.2) is 0 Å². The minimum absolute atomic E-state index is 0.0347. The minimum atomic E-state index is -0.0347. The van der Waals surface area contributed by atoms with Crippen molar-refractivity contribution in [2.24, 2.45) is 0 Å². The summed E-state index contributed by atoms with van der Waals surface area (Å²) in [7, 11) is 0. The lowest BCUT2D eigenvalue weighted by Gasteiger charge is -2.31. The molecule has 0 aliphatic heterocycles. The Morgan fingerprint density at radius 3 is 0.674 bits per heavy atom. The molecule has 0 radical (unpaired) electrons. The first kappa shape index (κ1) is 84.8. The van der Waals surface area contributed by atoms with Gasteiger partial charge in [-0.05, 0) is 242 Å². The summed E-state index contributed by atoms with van der Waals surface area (Å²) in [4.78, 5) is 7.16. The second kappa shape index (κ2) is 37.8. The Morgan fingerprint density at radius 2 is 0.333 bits per heavy atom. The number of para-hydroxylation sites is 2. The average molecular weight is 1730 g/mol. The molecule has 0 atom stereocenters. The number of fused-ring (bicyclic) bond motifs is 6. The molecule has 21 aromatic carbocycles. The van der Waals surface area contributed by atoms with Crippen molar-refractivity contribution in [2.45, 2.75) is 38.5 Å². The van der Waals surface area contributed by atoms with Crippen LogP contribution in [0.5, 0.6) is 0 Å². The van der Waals surface area contributed by atoms with Crippen molar-refractivity contribution in [3.8, 4) is 134 Å². The number of anilines is 9. The number of hydrogen-bond donors (Lipinski definition) is 0. The van der Waals surface area contributed by atoms with Gasteiger partial charge in [-0.1, -0.05) is 464 Å². The molecule has 644 valence electrons. The molecule has 0 aromatic heterocycles. The highest BCUT2D eigenvalue weighted by atomic mass is 15.2. The number of hydrogen-bond acceptors (Lipinski definition) is 3. The van der Waals surface area contributed by atoms with E-state index in [2.05, 4.69) is 582 Å². The quantitative estimate of drug-likeness (QED) is 0.0799. The van der Waals surface area contributed by atoms with Crippen LogP contribution in [-0.2, 0) is 10.8 Å². The number of benzene rings is 21. The van der Waals surface area contributed by atoms with Gasteiger partial charge in [0, 0.05) is 61.6 Å². The van der Waals surface area contributed by atoms with E-state index < -0.39 is 0 Å². The lowest BCUT2D eigenvalue weighted by atomic mass is 9.81. The average Bonchev–Trinajstić information content (AvgIpc) is 1.60. The summed E-state index contributed by atoms with van der Waals surface area (Å²) in [5.41, 5.74) is 45.1. The lowest BCUT2D eigenvalue weighted by molar-refractivity contribution is 0.660. The second-order valence-corrected chi connectivity index (χ2v) is 35.8. The molecule has 0 heterocycles. The molecule has 0 fully saturated rings. The van der Waals surface area contributed by atoms with Gasteiger partial charge in [0.1, 0.15) is 0 Å². The third-order valence-electron chi connectivity index (χ3n) is 26.9. The molecule has 2 aliphatic carbocycles. The van der Waals surface area contributed by atoms with Gasteiger partial charge in [0.05, 0.1) is 17.1 Å². The van der Waals surface area contributed by atoms with Crippen LogP contribution in [0.15, 0.2) is 540 Å². The predicted molar refractivity (Wildman–Crippen MR) is 573 cm³/mol. The summed E-state index contributed by atoms with van der Waals surface area (Å²) in [6.07, 6.45) is 0. The van der Waals surface area contributed by atoms with E-state index in [4.69, 9.17) is 0 Å². The molecule has 0 saturated carbocycles. The van der Waals surface area contributed by atoms with Gasteiger partial charge in [0.2, 0.25) is 0 Å². The van der Waals surface area contributed by atoms with E-state index >= 15 is 0 Å². The van der Waals surface area contributed by atoms with E-state index in [9.17, 15) is 0 Å². The molecule has 23 rings (SSSR count). The van der Waals surface area contributed by atoms with Crippen molar-refractivity contribution < 1.29 is 0 Å². The summed E-state index contributed by atoms with van der Waals surface area (Å²) in [5, 5.41) is 0. The van der Waals surface area contributed by atoms with Gasteiger partial charge in [-0.3, -0.25) is 0 Å². The third kappa shape index (κ3) is 17.4. The first-order chi connectivity index (χ1) is 66.5. The Morgan fingerprint density at radius 1 is 0.119 bits per heavy atom. The smallest absolute Gasteiger partial charge is 0.0546 e. The maximum absolute atomic E-state index is 2.43. The minimum Gasteiger partial charge on any atom is -0.311 e. The zero-order valence-electron chi connectivity index (χ0n) is 76.2. The molecule has 3 heteroatoms. The first-order valence-corrected chi connectivity index (χ1v) is 46.7. The zero-order valence-corrected chi connectivity index (χ0v) is 76.2. The number of nitrogens with zero attached hydrogens (tertiary/aromatic N) is 3. The van der Waals surface area contributed by atoms with Crippen LogP contribution in [0.1, 0.15) is 49.9 Å². The first-order valence-electron chi connectivity index (χ1n) is 46.7. The van der Waals surface area contributed by atoms with E-state index in [0.717, 1.165) is 51.2 Å². The van der Waals surface area contributed by atoms with Crippen molar-refractivity contribution in [3.05, 3.63) is 562 Å². The molecule has 21 aromatic rings. The van der Waals surface area contributed by atoms with E-state index in [1.165, 1.54) is 156 Å². The second-order valence-electron chi connectivity index (χ2n) is 35.8. The Kier molecular flexibility index (Phi) is 23.8. The maximum Gasteiger partial charge on any atom is 0.0546 e. The van der Waals surface area contributed by atoms with Crippen molar-refractivity contribution in [2.75, 3.05) is 14.7 Å². The van der Waals surface area contributed by atoms with Crippen LogP contribution >= 0.6 is 0 Å². The predicted octanol–water partition coefficient (Wildman–Crippen LogP) is 36.8. The van der Waals surface area contributed by atoms with Crippen molar-refractivity contribution in [1.82, 2.24) is 0 Å². The molecular weight excluding hydrogens is 1630 g/mol. The highest BCUT2D eigenvalue weighted by Gasteiger charge is 2.37. The Hall–Kier alpha value is -17.0. The molecular formula is C132H101N3. The van der Waals surface area contributed by atoms with Crippen LogP contribution in [0.25, 0.3) is 134 Å². The lowest BCUT2D eigenvalue weighted by Crippen LogP contribution is -2.14. The fraction of sp³-hybridized carbons (Fsp3) is 0.0455. The summed E-state index contributed by atoms with van der Waals surface area (Å²) in [6.45, 7) is 9.40. The van der Waals surface area contributed by atoms with Crippen LogP contribution < -0.4 is 14.7 Å². The molecule has 2 aliphatic rings. The van der Waals surface area contributed by atoms with Crippen LogP contribution in [0, 0.1) is 0 Å². The normalized spacial score (nSPS) is 12.1. The third-order valence-corrected chi connectivity index (χ3v) is 26.9. The van der Waals surface area contributed by atoms with E-state index in [0.29, 0.717) is 0 Å². The highest BCUT2D eigenvalue weighted by Crippen LogP contribution is 2.54. The highest BCUT2D eigenvalue weighted by molar-refractivity contribution is 5.97. The van der Waals surface area contributed by atoms with Crippen molar-refractivity contribution in [3.63, 3.8) is 0 Å². The van der Waals surface area contributed by atoms with Gasteiger partial charge < -0.3 is 14.7 Å². The monoisotopic (exact) mass is 1730 g/mol. The zero-order chi connectivity index (χ0) is 91.0. The fourth-order valence-corrected chi connectivity index (χ4v) is 19.9. The molecule has 3 nitrogen and oxygen atoms in total. The Bertz CT molecular complexity index is 7330. The largest absolute Gasteiger partial charge is 0.311 e. The fourth-order valence-electron chi connectivity index (χ4n) is 19.9. The molecule has 135 heavy (non-hydrogen) atoms. The molecule has 0 bridgehead atoms. The summed E-state index contributed by atoms with van der Waals surface area (Å²) in [6, 6.07) is 195. The van der Waals surface area contributed by atoms with Gasteiger partial charge >= 0.3 is 0 Å². The Balaban J connectivity index is 0.000000124. The molecule has 0 saturated heterocycles.